The molecule has 146 valence electrons. The van der Waals surface area contributed by atoms with Gasteiger partial charge in [0.05, 0.1) is 18.2 Å². The van der Waals surface area contributed by atoms with E-state index >= 15 is 0 Å². The average molecular weight is 380 g/mol. The van der Waals surface area contributed by atoms with Gasteiger partial charge in [0.15, 0.2) is 0 Å². The predicted molar refractivity (Wildman–Crippen MR) is 110 cm³/mol. The van der Waals surface area contributed by atoms with Gasteiger partial charge in [0.1, 0.15) is 11.6 Å². The molecule has 0 aliphatic heterocycles. The van der Waals surface area contributed by atoms with Crippen LogP contribution in [0.15, 0.2) is 60.7 Å². The van der Waals surface area contributed by atoms with Crippen LogP contribution in [0.1, 0.15) is 28.9 Å². The van der Waals surface area contributed by atoms with Crippen LogP contribution in [0, 0.1) is 5.82 Å². The Hall–Kier alpha value is -2.92. The van der Waals surface area contributed by atoms with Gasteiger partial charge in [-0.2, -0.15) is 0 Å². The van der Waals surface area contributed by atoms with Crippen LogP contribution in [-0.2, 0) is 0 Å². The van der Waals surface area contributed by atoms with E-state index in [-0.39, 0.29) is 17.8 Å². The molecule has 0 unspecified atom stereocenters. The fourth-order valence-corrected chi connectivity index (χ4v) is 3.32. The van der Waals surface area contributed by atoms with Crippen molar-refractivity contribution in [1.29, 1.82) is 0 Å². The second-order valence-corrected chi connectivity index (χ2v) is 6.83. The maximum Gasteiger partial charge on any atom is 0.255 e. The van der Waals surface area contributed by atoms with Gasteiger partial charge in [-0.15, -0.1) is 0 Å². The van der Waals surface area contributed by atoms with E-state index in [0.717, 1.165) is 16.3 Å². The van der Waals surface area contributed by atoms with Crippen molar-refractivity contribution in [2.24, 2.45) is 0 Å². The first-order valence-electron chi connectivity index (χ1n) is 9.36. The van der Waals surface area contributed by atoms with Crippen LogP contribution in [0.2, 0.25) is 0 Å². The van der Waals surface area contributed by atoms with Crippen LogP contribution in [0.25, 0.3) is 10.8 Å². The van der Waals surface area contributed by atoms with Gasteiger partial charge in [0.25, 0.3) is 5.91 Å². The average Bonchev–Trinajstić information content (AvgIpc) is 2.69. The van der Waals surface area contributed by atoms with E-state index in [0.29, 0.717) is 24.5 Å². The summed E-state index contributed by atoms with van der Waals surface area (Å²) in [7, 11) is 3.87. The lowest BCUT2D eigenvalue weighted by Crippen LogP contribution is -2.34. The number of nitrogens with one attached hydrogen (secondary N) is 1. The zero-order valence-corrected chi connectivity index (χ0v) is 16.4. The SMILES string of the molecule is CCOc1ccc2ccccc2c1C(=O)NC[C@@H](c1ccc(F)cc1)N(C)C. The van der Waals surface area contributed by atoms with Crippen LogP contribution >= 0.6 is 0 Å². The number of ether oxygens (including phenoxy) is 1. The van der Waals surface area contributed by atoms with Crippen LogP contribution in [0.3, 0.4) is 0 Å². The van der Waals surface area contributed by atoms with Gasteiger partial charge in [0.2, 0.25) is 0 Å². The Morgan fingerprint density at radius 2 is 1.79 bits per heavy atom. The second-order valence-electron chi connectivity index (χ2n) is 6.83. The second kappa shape index (κ2) is 8.85. The maximum absolute atomic E-state index is 13.3. The number of hydrogen-bond acceptors (Lipinski definition) is 3. The molecule has 1 amide bonds. The van der Waals surface area contributed by atoms with E-state index in [1.165, 1.54) is 12.1 Å². The topological polar surface area (TPSA) is 41.6 Å². The van der Waals surface area contributed by atoms with Crippen molar-refractivity contribution in [3.8, 4) is 5.75 Å². The molecule has 28 heavy (non-hydrogen) atoms. The van der Waals surface area contributed by atoms with Gasteiger partial charge in [0, 0.05) is 6.54 Å². The van der Waals surface area contributed by atoms with Gasteiger partial charge in [-0.3, -0.25) is 4.79 Å². The Kier molecular flexibility index (Phi) is 6.26. The number of benzene rings is 3. The highest BCUT2D eigenvalue weighted by molar-refractivity contribution is 6.09. The molecule has 0 heterocycles. The third-order valence-corrected chi connectivity index (χ3v) is 4.75. The minimum atomic E-state index is -0.276. The number of carbonyl (C=O) groups excluding carboxylic acids is 1. The summed E-state index contributed by atoms with van der Waals surface area (Å²) in [5.41, 5.74) is 1.48. The molecule has 0 aromatic heterocycles. The van der Waals surface area contributed by atoms with Crippen molar-refractivity contribution in [2.45, 2.75) is 13.0 Å². The standard InChI is InChI=1S/C23H25FN2O2/c1-4-28-21-14-11-16-7-5-6-8-19(16)22(21)23(27)25-15-20(26(2)3)17-9-12-18(24)13-10-17/h5-14,20H,4,15H2,1-3H3,(H,25,27)/t20-/m0/s1. The Balaban J connectivity index is 1.87. The van der Waals surface area contributed by atoms with Gasteiger partial charge in [-0.25, -0.2) is 4.39 Å². The van der Waals surface area contributed by atoms with Crippen molar-refractivity contribution in [2.75, 3.05) is 27.2 Å². The maximum atomic E-state index is 13.3. The van der Waals surface area contributed by atoms with Crippen molar-refractivity contribution < 1.29 is 13.9 Å². The van der Waals surface area contributed by atoms with Crippen molar-refractivity contribution in [1.82, 2.24) is 10.2 Å². The smallest absolute Gasteiger partial charge is 0.255 e. The first kappa shape index (κ1) is 19.8. The number of nitrogens with zero attached hydrogens (tertiary/aromatic N) is 1. The van der Waals surface area contributed by atoms with Gasteiger partial charge >= 0.3 is 0 Å². The summed E-state index contributed by atoms with van der Waals surface area (Å²) in [5, 5.41) is 4.87. The van der Waals surface area contributed by atoms with Crippen molar-refractivity contribution >= 4 is 16.7 Å². The Morgan fingerprint density at radius 3 is 2.46 bits per heavy atom. The van der Waals surface area contributed by atoms with Gasteiger partial charge in [-0.05, 0) is 55.6 Å². The summed E-state index contributed by atoms with van der Waals surface area (Å²) in [6.45, 7) is 2.77. The molecule has 3 aromatic carbocycles. The number of rotatable bonds is 7. The Labute approximate surface area is 164 Å². The molecule has 0 fully saturated rings. The highest BCUT2D eigenvalue weighted by Crippen LogP contribution is 2.28. The van der Waals surface area contributed by atoms with Crippen LogP contribution in [0.4, 0.5) is 4.39 Å². The van der Waals surface area contributed by atoms with Crippen molar-refractivity contribution in [3.05, 3.63) is 77.6 Å². The van der Waals surface area contributed by atoms with E-state index in [1.807, 2.05) is 62.3 Å². The molecule has 0 bridgehead atoms. The lowest BCUT2D eigenvalue weighted by Gasteiger charge is -2.25. The highest BCUT2D eigenvalue weighted by Gasteiger charge is 2.20. The number of hydrogen-bond donors (Lipinski definition) is 1. The molecule has 5 heteroatoms. The molecular weight excluding hydrogens is 355 g/mol. The zero-order chi connectivity index (χ0) is 20.1. The lowest BCUT2D eigenvalue weighted by molar-refractivity contribution is 0.0940. The van der Waals surface area contributed by atoms with E-state index in [2.05, 4.69) is 5.32 Å². The number of fused-ring (bicyclic) bond motifs is 1. The number of amides is 1. The zero-order valence-electron chi connectivity index (χ0n) is 16.4. The molecule has 0 aliphatic rings. The first-order chi connectivity index (χ1) is 13.5. The fraction of sp³-hybridized carbons (Fsp3) is 0.261. The molecule has 4 nitrogen and oxygen atoms in total. The monoisotopic (exact) mass is 380 g/mol. The summed E-state index contributed by atoms with van der Waals surface area (Å²) in [5.74, 6) is 0.110. The predicted octanol–water partition coefficient (Wildman–Crippen LogP) is 4.41. The Morgan fingerprint density at radius 1 is 1.07 bits per heavy atom. The molecule has 0 saturated heterocycles. The third-order valence-electron chi connectivity index (χ3n) is 4.75. The molecular formula is C23H25FN2O2. The Bertz CT molecular complexity index is 954. The minimum absolute atomic E-state index is 0.0740. The molecule has 0 aliphatic carbocycles. The summed E-state index contributed by atoms with van der Waals surface area (Å²) in [4.78, 5) is 15.1. The van der Waals surface area contributed by atoms with E-state index in [9.17, 15) is 9.18 Å². The summed E-state index contributed by atoms with van der Waals surface area (Å²) >= 11 is 0. The number of halogens is 1. The van der Waals surface area contributed by atoms with E-state index in [1.54, 1.807) is 12.1 Å². The highest BCUT2D eigenvalue weighted by atomic mass is 19.1. The molecule has 3 aromatic rings. The van der Waals surface area contributed by atoms with Gasteiger partial charge < -0.3 is 15.0 Å². The number of carbonyl (C=O) groups is 1. The van der Waals surface area contributed by atoms with Crippen LogP contribution in [-0.4, -0.2) is 38.1 Å². The normalized spacial score (nSPS) is 12.2. The molecule has 1 N–H and O–H groups in total. The summed E-state index contributed by atoms with van der Waals surface area (Å²) in [6.07, 6.45) is 0. The van der Waals surface area contributed by atoms with Gasteiger partial charge in [-0.1, -0.05) is 42.5 Å². The van der Waals surface area contributed by atoms with E-state index < -0.39 is 0 Å². The first-order valence-corrected chi connectivity index (χ1v) is 9.36. The minimum Gasteiger partial charge on any atom is -0.493 e. The summed E-state index contributed by atoms with van der Waals surface area (Å²) in [6, 6.07) is 17.8. The molecule has 3 rings (SSSR count). The molecule has 0 saturated carbocycles. The lowest BCUT2D eigenvalue weighted by atomic mass is 10.0. The quantitative estimate of drug-likeness (QED) is 0.660. The van der Waals surface area contributed by atoms with Crippen LogP contribution in [0.5, 0.6) is 5.75 Å². The third kappa shape index (κ3) is 4.31. The fourth-order valence-electron chi connectivity index (χ4n) is 3.32. The molecule has 0 radical (unpaired) electrons. The van der Waals surface area contributed by atoms with E-state index in [4.69, 9.17) is 4.74 Å². The molecule has 0 spiro atoms. The van der Waals surface area contributed by atoms with Crippen molar-refractivity contribution in [3.63, 3.8) is 0 Å². The summed E-state index contributed by atoms with van der Waals surface area (Å²) < 4.78 is 19.0. The largest absolute Gasteiger partial charge is 0.493 e. The number of likely N-dealkylation sites (N-methyl/N-ethyl adjacent to an activating group) is 1. The molecule has 1 atom stereocenters. The van der Waals surface area contributed by atoms with Crippen LogP contribution < -0.4 is 10.1 Å².